The molecule has 2 heterocycles. The molecule has 1 aromatic heterocycles. The van der Waals surface area contributed by atoms with E-state index in [0.29, 0.717) is 29.1 Å². The normalized spacial score (nSPS) is 14.9. The summed E-state index contributed by atoms with van der Waals surface area (Å²) in [5.41, 5.74) is 1.26. The molecular weight excluding hydrogens is 435 g/mol. The summed E-state index contributed by atoms with van der Waals surface area (Å²) in [6, 6.07) is 17.0. The molecule has 0 amide bonds. The van der Waals surface area contributed by atoms with E-state index in [1.807, 2.05) is 24.3 Å². The Hall–Kier alpha value is -2.72. The molecule has 6 nitrogen and oxygen atoms in total. The van der Waals surface area contributed by atoms with Gasteiger partial charge < -0.3 is 14.5 Å². The average molecular weight is 457 g/mol. The number of nitrogens with one attached hydrogen (secondary N) is 1. The van der Waals surface area contributed by atoms with Gasteiger partial charge in [0.1, 0.15) is 11.8 Å². The molecule has 1 N–H and O–H groups in total. The maximum Gasteiger partial charge on any atom is 0.236 e. The Morgan fingerprint density at radius 3 is 2.58 bits per heavy atom. The van der Waals surface area contributed by atoms with Crippen LogP contribution in [0.4, 0.5) is 5.88 Å². The Balaban J connectivity index is 1.46. The minimum Gasteiger partial charge on any atom is -0.484 e. The predicted octanol–water partition coefficient (Wildman–Crippen LogP) is 5.68. The van der Waals surface area contributed by atoms with Crippen molar-refractivity contribution in [2.24, 2.45) is 0 Å². The van der Waals surface area contributed by atoms with Crippen molar-refractivity contribution in [1.29, 1.82) is 5.26 Å². The zero-order chi connectivity index (χ0) is 21.6. The number of likely N-dealkylation sites (tertiary alicyclic amines) is 1. The zero-order valence-electron chi connectivity index (χ0n) is 16.9. The van der Waals surface area contributed by atoms with Gasteiger partial charge in [-0.15, -0.1) is 0 Å². The van der Waals surface area contributed by atoms with Gasteiger partial charge in [0.05, 0.1) is 6.04 Å². The number of nitrogens with zero attached hydrogens (tertiary/aromatic N) is 3. The van der Waals surface area contributed by atoms with Crippen LogP contribution in [0, 0.1) is 11.3 Å². The van der Waals surface area contributed by atoms with Gasteiger partial charge >= 0.3 is 0 Å². The van der Waals surface area contributed by atoms with Crippen LogP contribution >= 0.6 is 23.2 Å². The monoisotopic (exact) mass is 456 g/mol. The third-order valence-corrected chi connectivity index (χ3v) is 5.85. The minimum absolute atomic E-state index is 0.0709. The molecule has 160 valence electrons. The third-order valence-electron chi connectivity index (χ3n) is 5.25. The first-order valence-electron chi connectivity index (χ1n) is 10.1. The van der Waals surface area contributed by atoms with Gasteiger partial charge in [0.25, 0.3) is 0 Å². The van der Waals surface area contributed by atoms with Gasteiger partial charge in [0, 0.05) is 16.6 Å². The molecule has 0 saturated carbocycles. The average Bonchev–Trinajstić information content (AvgIpc) is 3.45. The first-order valence-corrected chi connectivity index (χ1v) is 10.9. The number of benzene rings is 2. The predicted molar refractivity (Wildman–Crippen MR) is 120 cm³/mol. The molecule has 2 aromatic carbocycles. The van der Waals surface area contributed by atoms with E-state index in [2.05, 4.69) is 21.3 Å². The lowest BCUT2D eigenvalue weighted by Gasteiger charge is -2.28. The second-order valence-electron chi connectivity index (χ2n) is 7.30. The number of rotatable bonds is 8. The van der Waals surface area contributed by atoms with Gasteiger partial charge in [-0.1, -0.05) is 41.4 Å². The van der Waals surface area contributed by atoms with Crippen molar-refractivity contribution in [3.63, 3.8) is 0 Å². The van der Waals surface area contributed by atoms with Crippen molar-refractivity contribution in [3.05, 3.63) is 75.7 Å². The highest BCUT2D eigenvalue weighted by atomic mass is 35.5. The molecule has 8 heteroatoms. The van der Waals surface area contributed by atoms with Crippen LogP contribution in [0.5, 0.6) is 5.75 Å². The van der Waals surface area contributed by atoms with E-state index in [1.165, 1.54) is 12.8 Å². The fourth-order valence-electron chi connectivity index (χ4n) is 3.72. The van der Waals surface area contributed by atoms with E-state index in [4.69, 9.17) is 32.4 Å². The Bertz CT molecular complexity index is 1060. The van der Waals surface area contributed by atoms with Crippen molar-refractivity contribution in [2.75, 3.05) is 25.0 Å². The largest absolute Gasteiger partial charge is 0.484 e. The van der Waals surface area contributed by atoms with E-state index in [-0.39, 0.29) is 18.3 Å². The second-order valence-corrected chi connectivity index (χ2v) is 8.14. The van der Waals surface area contributed by atoms with Gasteiger partial charge in [-0.05, 0) is 61.8 Å². The highest BCUT2D eigenvalue weighted by Crippen LogP contribution is 2.31. The summed E-state index contributed by atoms with van der Waals surface area (Å²) < 4.78 is 11.5. The number of aromatic nitrogens is 1. The molecule has 1 aliphatic rings. The van der Waals surface area contributed by atoms with Crippen LogP contribution in [0.1, 0.15) is 36.0 Å². The molecule has 1 saturated heterocycles. The van der Waals surface area contributed by atoms with Gasteiger partial charge in [0.15, 0.2) is 6.61 Å². The van der Waals surface area contributed by atoms with Crippen LogP contribution in [0.15, 0.2) is 52.9 Å². The summed E-state index contributed by atoms with van der Waals surface area (Å²) in [6.45, 7) is 2.68. The number of halogens is 2. The van der Waals surface area contributed by atoms with E-state index in [0.717, 1.165) is 23.7 Å². The van der Waals surface area contributed by atoms with Crippen LogP contribution in [0.2, 0.25) is 10.0 Å². The van der Waals surface area contributed by atoms with Crippen LogP contribution in [0.25, 0.3) is 0 Å². The fraction of sp³-hybridized carbons (Fsp3) is 0.304. The van der Waals surface area contributed by atoms with Crippen molar-refractivity contribution < 1.29 is 9.15 Å². The molecule has 31 heavy (non-hydrogen) atoms. The molecule has 0 spiro atoms. The number of anilines is 1. The lowest BCUT2D eigenvalue weighted by molar-refractivity contribution is 0.252. The SMILES string of the molecule is N#Cc1nc(COc2ccc(Cl)cc2)oc1NC[C@H](c1ccccc1Cl)N1CCCC1. The maximum absolute atomic E-state index is 9.49. The number of hydrogen-bond acceptors (Lipinski definition) is 6. The van der Waals surface area contributed by atoms with Crippen molar-refractivity contribution >= 4 is 29.1 Å². The van der Waals surface area contributed by atoms with Crippen molar-refractivity contribution in [1.82, 2.24) is 9.88 Å². The Labute approximate surface area is 191 Å². The van der Waals surface area contributed by atoms with Crippen LogP contribution in [-0.4, -0.2) is 29.5 Å². The first kappa shape index (κ1) is 21.5. The molecular formula is C23H22Cl2N4O2. The molecule has 1 atom stereocenters. The van der Waals surface area contributed by atoms with Crippen LogP contribution in [0.3, 0.4) is 0 Å². The molecule has 0 unspecified atom stereocenters. The van der Waals surface area contributed by atoms with Gasteiger partial charge in [-0.2, -0.15) is 10.2 Å². The third kappa shape index (κ3) is 5.31. The van der Waals surface area contributed by atoms with E-state index in [1.54, 1.807) is 24.3 Å². The smallest absolute Gasteiger partial charge is 0.236 e. The Kier molecular flexibility index (Phi) is 6.98. The number of hydrogen-bond donors (Lipinski definition) is 1. The lowest BCUT2D eigenvalue weighted by Crippen LogP contribution is -2.31. The first-order chi connectivity index (χ1) is 15.1. The van der Waals surface area contributed by atoms with Crippen molar-refractivity contribution in [2.45, 2.75) is 25.5 Å². The number of ether oxygens (including phenoxy) is 1. The van der Waals surface area contributed by atoms with Gasteiger partial charge in [0.2, 0.25) is 17.5 Å². The summed E-state index contributed by atoms with van der Waals surface area (Å²) in [7, 11) is 0. The molecule has 1 aliphatic heterocycles. The van der Waals surface area contributed by atoms with Gasteiger partial charge in [-0.25, -0.2) is 0 Å². The number of nitriles is 1. The zero-order valence-corrected chi connectivity index (χ0v) is 18.4. The summed E-state index contributed by atoms with van der Waals surface area (Å²) in [4.78, 5) is 6.65. The van der Waals surface area contributed by atoms with Gasteiger partial charge in [-0.3, -0.25) is 4.90 Å². The van der Waals surface area contributed by atoms with Crippen LogP contribution < -0.4 is 10.1 Å². The summed E-state index contributed by atoms with van der Waals surface area (Å²) in [6.07, 6.45) is 2.33. The summed E-state index contributed by atoms with van der Waals surface area (Å²) >= 11 is 12.4. The highest BCUT2D eigenvalue weighted by Gasteiger charge is 2.26. The number of oxazole rings is 1. The molecule has 3 aromatic rings. The molecule has 0 radical (unpaired) electrons. The maximum atomic E-state index is 9.49. The van der Waals surface area contributed by atoms with Crippen molar-refractivity contribution in [3.8, 4) is 11.8 Å². The summed E-state index contributed by atoms with van der Waals surface area (Å²) in [5, 5.41) is 14.1. The molecule has 1 fully saturated rings. The molecule has 4 rings (SSSR count). The Morgan fingerprint density at radius 2 is 1.87 bits per heavy atom. The van der Waals surface area contributed by atoms with E-state index >= 15 is 0 Å². The fourth-order valence-corrected chi connectivity index (χ4v) is 4.11. The topological polar surface area (TPSA) is 74.3 Å². The minimum atomic E-state index is 0.0709. The Morgan fingerprint density at radius 1 is 1.13 bits per heavy atom. The molecule has 0 aliphatic carbocycles. The van der Waals surface area contributed by atoms with E-state index in [9.17, 15) is 5.26 Å². The van der Waals surface area contributed by atoms with Crippen LogP contribution in [-0.2, 0) is 6.61 Å². The second kappa shape index (κ2) is 10.1. The lowest BCUT2D eigenvalue weighted by atomic mass is 10.1. The standard InChI is InChI=1S/C23H22Cl2N4O2/c24-16-7-9-17(10-8-16)30-15-22-28-20(13-26)23(31-22)27-14-21(29-11-3-4-12-29)18-5-1-2-6-19(18)25/h1-2,5-10,21,27H,3-4,11-12,14-15H2/t21-/m1/s1. The van der Waals surface area contributed by atoms with E-state index < -0.39 is 0 Å². The quantitative estimate of drug-likeness (QED) is 0.469. The molecule has 0 bridgehead atoms. The summed E-state index contributed by atoms with van der Waals surface area (Å²) in [5.74, 6) is 1.31. The highest BCUT2D eigenvalue weighted by molar-refractivity contribution is 6.31.